The number of amides is 1. The number of carbonyl (C=O) groups excluding carboxylic acids is 1. The molecular weight excluding hydrogens is 320 g/mol. The van der Waals surface area contributed by atoms with Crippen molar-refractivity contribution in [3.8, 4) is 0 Å². The second-order valence-electron chi connectivity index (χ2n) is 7.15. The molecule has 0 aromatic carbocycles. The van der Waals surface area contributed by atoms with Gasteiger partial charge in [0, 0.05) is 30.8 Å². The van der Waals surface area contributed by atoms with Crippen LogP contribution in [0.2, 0.25) is 0 Å². The predicted octanol–water partition coefficient (Wildman–Crippen LogP) is 2.87. The first-order valence-corrected chi connectivity index (χ1v) is 9.41. The summed E-state index contributed by atoms with van der Waals surface area (Å²) in [6.07, 6.45) is 3.61. The van der Waals surface area contributed by atoms with E-state index in [1.54, 1.807) is 4.90 Å². The third-order valence-corrected chi connectivity index (χ3v) is 6.45. The van der Waals surface area contributed by atoms with E-state index in [-0.39, 0.29) is 5.91 Å². The number of anilines is 1. The summed E-state index contributed by atoms with van der Waals surface area (Å²) in [6, 6.07) is 2.02. The van der Waals surface area contributed by atoms with E-state index >= 15 is 0 Å². The van der Waals surface area contributed by atoms with E-state index in [0.717, 1.165) is 48.1 Å². The van der Waals surface area contributed by atoms with Gasteiger partial charge in [-0.1, -0.05) is 0 Å². The number of thiazole rings is 1. The third kappa shape index (κ3) is 2.16. The molecule has 2 aromatic rings. The summed E-state index contributed by atoms with van der Waals surface area (Å²) in [5.41, 5.74) is 4.07. The highest BCUT2D eigenvalue weighted by molar-refractivity contribution is 7.11. The first-order valence-electron chi connectivity index (χ1n) is 8.59. The molecule has 5 rings (SSSR count). The lowest BCUT2D eigenvalue weighted by Crippen LogP contribution is -2.31. The highest BCUT2D eigenvalue weighted by Crippen LogP contribution is 2.43. The predicted molar refractivity (Wildman–Crippen MR) is 93.6 cm³/mol. The number of fused-ring (bicyclic) bond motifs is 2. The maximum atomic E-state index is 12.1. The number of hydrogen-bond acceptors (Lipinski definition) is 5. The topological polar surface area (TPSA) is 49.3 Å². The fraction of sp³-hybridized carbons (Fsp3) is 0.500. The van der Waals surface area contributed by atoms with Crippen LogP contribution in [0.4, 0.5) is 5.82 Å². The van der Waals surface area contributed by atoms with Crippen LogP contribution in [0.25, 0.3) is 0 Å². The summed E-state index contributed by atoms with van der Waals surface area (Å²) in [4.78, 5) is 27.3. The van der Waals surface area contributed by atoms with Crippen molar-refractivity contribution in [2.45, 2.75) is 45.2 Å². The van der Waals surface area contributed by atoms with Gasteiger partial charge in [0.1, 0.15) is 5.82 Å². The Bertz CT molecular complexity index is 855. The number of rotatable bonds is 2. The number of carbonyl (C=O) groups is 1. The lowest BCUT2D eigenvalue weighted by atomic mass is 10.1. The van der Waals surface area contributed by atoms with E-state index in [9.17, 15) is 4.79 Å². The average molecular weight is 340 g/mol. The number of aromatic nitrogens is 2. The minimum absolute atomic E-state index is 0.0876. The molecule has 4 heterocycles. The second-order valence-corrected chi connectivity index (χ2v) is 8.27. The van der Waals surface area contributed by atoms with Gasteiger partial charge >= 0.3 is 0 Å². The first kappa shape index (κ1) is 14.4. The minimum atomic E-state index is 0.0876. The molecule has 1 fully saturated rings. The first-order chi connectivity index (χ1) is 11.6. The Morgan fingerprint density at radius 1 is 1.21 bits per heavy atom. The molecule has 0 N–H and O–H groups in total. The van der Waals surface area contributed by atoms with Crippen molar-refractivity contribution in [3.05, 3.63) is 38.5 Å². The van der Waals surface area contributed by atoms with Crippen LogP contribution in [0.15, 0.2) is 6.07 Å². The summed E-state index contributed by atoms with van der Waals surface area (Å²) in [6.45, 7) is 4.53. The van der Waals surface area contributed by atoms with Crippen molar-refractivity contribution in [1.29, 1.82) is 0 Å². The summed E-state index contributed by atoms with van der Waals surface area (Å²) in [5.74, 6) is 1.85. The van der Waals surface area contributed by atoms with Crippen molar-refractivity contribution >= 4 is 23.1 Å². The molecule has 0 atom stereocenters. The van der Waals surface area contributed by atoms with E-state index in [0.29, 0.717) is 6.54 Å². The molecule has 3 aliphatic rings. The smallest absolute Gasteiger partial charge is 0.255 e. The van der Waals surface area contributed by atoms with Gasteiger partial charge in [0.2, 0.25) is 0 Å². The lowest BCUT2D eigenvalue weighted by Gasteiger charge is -2.28. The van der Waals surface area contributed by atoms with E-state index in [1.807, 2.05) is 24.5 Å². The normalized spacial score (nSPS) is 19.7. The standard InChI is InChI=1S/C18H20N4OS/c1-10-7-12-14(8-21(2)18(12)23)19-16(10)22-6-5-13-15(9-22)24-17(20-13)11-3-4-11/h7,11H,3-6,8-9H2,1-2H3. The molecule has 2 aromatic heterocycles. The summed E-state index contributed by atoms with van der Waals surface area (Å²) in [7, 11) is 1.84. The zero-order chi connectivity index (χ0) is 16.4. The van der Waals surface area contributed by atoms with Gasteiger partial charge in [0.25, 0.3) is 5.91 Å². The molecule has 0 saturated heterocycles. The highest BCUT2D eigenvalue weighted by atomic mass is 32.1. The molecule has 124 valence electrons. The number of hydrogen-bond donors (Lipinski definition) is 0. The maximum Gasteiger partial charge on any atom is 0.255 e. The molecule has 1 saturated carbocycles. The van der Waals surface area contributed by atoms with Crippen molar-refractivity contribution in [3.63, 3.8) is 0 Å². The zero-order valence-corrected chi connectivity index (χ0v) is 14.8. The maximum absolute atomic E-state index is 12.1. The van der Waals surface area contributed by atoms with Crippen LogP contribution in [0, 0.1) is 6.92 Å². The molecule has 24 heavy (non-hydrogen) atoms. The molecule has 5 nitrogen and oxygen atoms in total. The fourth-order valence-electron chi connectivity index (χ4n) is 3.67. The Labute approximate surface area is 145 Å². The molecule has 2 aliphatic heterocycles. The van der Waals surface area contributed by atoms with Gasteiger partial charge in [0.05, 0.1) is 35.0 Å². The van der Waals surface area contributed by atoms with Crippen molar-refractivity contribution in [1.82, 2.24) is 14.9 Å². The van der Waals surface area contributed by atoms with Crippen molar-refractivity contribution < 1.29 is 4.79 Å². The summed E-state index contributed by atoms with van der Waals surface area (Å²) < 4.78 is 0. The Hall–Kier alpha value is -1.95. The van der Waals surface area contributed by atoms with E-state index in [2.05, 4.69) is 11.8 Å². The summed E-state index contributed by atoms with van der Waals surface area (Å²) in [5, 5.41) is 1.34. The molecule has 1 amide bonds. The molecule has 0 bridgehead atoms. The summed E-state index contributed by atoms with van der Waals surface area (Å²) >= 11 is 1.89. The lowest BCUT2D eigenvalue weighted by molar-refractivity contribution is 0.0816. The van der Waals surface area contributed by atoms with Gasteiger partial charge < -0.3 is 9.80 Å². The Balaban J connectivity index is 1.47. The van der Waals surface area contributed by atoms with Gasteiger partial charge in [-0.05, 0) is 31.4 Å². The van der Waals surface area contributed by atoms with Gasteiger partial charge in [-0.15, -0.1) is 11.3 Å². The van der Waals surface area contributed by atoms with Crippen LogP contribution in [0.3, 0.4) is 0 Å². The molecular formula is C18H20N4OS. The Kier molecular flexibility index (Phi) is 3.01. The number of pyridine rings is 1. The van der Waals surface area contributed by atoms with Crippen molar-refractivity contribution in [2.75, 3.05) is 18.5 Å². The van der Waals surface area contributed by atoms with Crippen LogP contribution in [-0.4, -0.2) is 34.4 Å². The van der Waals surface area contributed by atoms with Crippen LogP contribution >= 0.6 is 11.3 Å². The largest absolute Gasteiger partial charge is 0.351 e. The van der Waals surface area contributed by atoms with Gasteiger partial charge in [0.15, 0.2) is 0 Å². The monoisotopic (exact) mass is 340 g/mol. The second kappa shape index (κ2) is 5.02. The molecule has 1 aliphatic carbocycles. The van der Waals surface area contributed by atoms with Gasteiger partial charge in [-0.3, -0.25) is 4.79 Å². The van der Waals surface area contributed by atoms with Crippen LogP contribution in [0.1, 0.15) is 56.0 Å². The molecule has 6 heteroatoms. The van der Waals surface area contributed by atoms with Crippen LogP contribution in [0.5, 0.6) is 0 Å². The minimum Gasteiger partial charge on any atom is -0.351 e. The number of aryl methyl sites for hydroxylation is 1. The Morgan fingerprint density at radius 2 is 2.04 bits per heavy atom. The highest BCUT2D eigenvalue weighted by Gasteiger charge is 2.32. The van der Waals surface area contributed by atoms with Gasteiger partial charge in [-0.25, -0.2) is 9.97 Å². The zero-order valence-electron chi connectivity index (χ0n) is 14.0. The molecule has 0 unspecified atom stereocenters. The van der Waals surface area contributed by atoms with E-state index in [1.165, 1.54) is 28.4 Å². The fourth-order valence-corrected chi connectivity index (χ4v) is 4.97. The third-order valence-electron chi connectivity index (χ3n) is 5.20. The Morgan fingerprint density at radius 3 is 2.83 bits per heavy atom. The molecule has 0 radical (unpaired) electrons. The van der Waals surface area contributed by atoms with Crippen LogP contribution < -0.4 is 4.90 Å². The quantitative estimate of drug-likeness (QED) is 0.843. The van der Waals surface area contributed by atoms with E-state index in [4.69, 9.17) is 9.97 Å². The van der Waals surface area contributed by atoms with Gasteiger partial charge in [-0.2, -0.15) is 0 Å². The SMILES string of the molecule is Cc1cc2c(nc1N1CCc3nc(C4CC4)sc3C1)CN(C)C2=O. The molecule has 0 spiro atoms. The van der Waals surface area contributed by atoms with E-state index < -0.39 is 0 Å². The average Bonchev–Trinajstić information content (AvgIpc) is 3.28. The van der Waals surface area contributed by atoms with Crippen LogP contribution in [-0.2, 0) is 19.5 Å². The number of nitrogens with zero attached hydrogens (tertiary/aromatic N) is 4. The van der Waals surface area contributed by atoms with Crippen molar-refractivity contribution in [2.24, 2.45) is 0 Å².